The van der Waals surface area contributed by atoms with Crippen molar-refractivity contribution < 1.29 is 14.3 Å². The summed E-state index contributed by atoms with van der Waals surface area (Å²) in [5.41, 5.74) is 0.715. The summed E-state index contributed by atoms with van der Waals surface area (Å²) in [6, 6.07) is 10.7. The zero-order chi connectivity index (χ0) is 19.9. The van der Waals surface area contributed by atoms with Crippen LogP contribution in [0.15, 0.2) is 47.5 Å². The summed E-state index contributed by atoms with van der Waals surface area (Å²) in [4.78, 5) is 28.7. The summed E-state index contributed by atoms with van der Waals surface area (Å²) in [5, 5.41) is 7.77. The van der Waals surface area contributed by atoms with Gasteiger partial charge in [0, 0.05) is 16.5 Å². The standard InChI is InChI=1S/C21H25N3O3S/c1-24-11-9-16(10-12-24)22-21(26)19(14-18-4-3-13-28-18)23-20(25)15-5-7-17(27-2)8-6-15/h3-8,13-14,16H,9-12H2,1-2H3,(H,22,26)(H,23,25)/b19-14-. The Labute approximate surface area is 169 Å². The molecule has 1 aliphatic rings. The highest BCUT2D eigenvalue weighted by molar-refractivity contribution is 7.10. The number of thiophene rings is 1. The van der Waals surface area contributed by atoms with E-state index >= 15 is 0 Å². The Balaban J connectivity index is 1.73. The molecule has 0 atom stereocenters. The predicted molar refractivity (Wildman–Crippen MR) is 111 cm³/mol. The molecule has 1 fully saturated rings. The Morgan fingerprint density at radius 3 is 2.50 bits per heavy atom. The number of likely N-dealkylation sites (tertiary alicyclic amines) is 1. The number of benzene rings is 1. The number of hydrogen-bond donors (Lipinski definition) is 2. The second-order valence-corrected chi connectivity index (χ2v) is 7.79. The zero-order valence-electron chi connectivity index (χ0n) is 16.1. The number of hydrogen-bond acceptors (Lipinski definition) is 5. The maximum absolute atomic E-state index is 12.9. The van der Waals surface area contributed by atoms with Gasteiger partial charge in [-0.3, -0.25) is 9.59 Å². The Morgan fingerprint density at radius 2 is 1.89 bits per heavy atom. The van der Waals surface area contributed by atoms with Crippen LogP contribution in [-0.2, 0) is 4.79 Å². The van der Waals surface area contributed by atoms with E-state index in [4.69, 9.17) is 4.74 Å². The minimum Gasteiger partial charge on any atom is -0.497 e. The molecular weight excluding hydrogens is 374 g/mol. The van der Waals surface area contributed by atoms with E-state index in [1.54, 1.807) is 37.5 Å². The van der Waals surface area contributed by atoms with Crippen LogP contribution in [0.5, 0.6) is 5.75 Å². The molecule has 2 N–H and O–H groups in total. The Bertz CT molecular complexity index is 823. The molecule has 1 saturated heterocycles. The van der Waals surface area contributed by atoms with E-state index in [0.29, 0.717) is 11.3 Å². The third-order valence-corrected chi connectivity index (χ3v) is 5.55. The lowest BCUT2D eigenvalue weighted by molar-refractivity contribution is -0.118. The van der Waals surface area contributed by atoms with E-state index in [2.05, 4.69) is 22.6 Å². The van der Waals surface area contributed by atoms with Crippen molar-refractivity contribution >= 4 is 29.2 Å². The summed E-state index contributed by atoms with van der Waals surface area (Å²) in [6.07, 6.45) is 3.53. The smallest absolute Gasteiger partial charge is 0.268 e. The molecule has 0 unspecified atom stereocenters. The summed E-state index contributed by atoms with van der Waals surface area (Å²) >= 11 is 1.51. The van der Waals surface area contributed by atoms with Gasteiger partial charge in [-0.25, -0.2) is 0 Å². The number of carbonyl (C=O) groups excluding carboxylic acids is 2. The van der Waals surface area contributed by atoms with Crippen molar-refractivity contribution in [2.45, 2.75) is 18.9 Å². The Hall–Kier alpha value is -2.64. The first-order valence-corrected chi connectivity index (χ1v) is 10.1. The van der Waals surface area contributed by atoms with Gasteiger partial charge in [0.25, 0.3) is 11.8 Å². The number of piperidine rings is 1. The molecule has 7 heteroatoms. The fourth-order valence-electron chi connectivity index (χ4n) is 3.03. The Morgan fingerprint density at radius 1 is 1.18 bits per heavy atom. The molecule has 3 rings (SSSR count). The van der Waals surface area contributed by atoms with Gasteiger partial charge in [-0.15, -0.1) is 11.3 Å². The van der Waals surface area contributed by atoms with Gasteiger partial charge in [0.2, 0.25) is 0 Å². The van der Waals surface area contributed by atoms with Crippen LogP contribution < -0.4 is 15.4 Å². The number of nitrogens with one attached hydrogen (secondary N) is 2. The van der Waals surface area contributed by atoms with Crippen molar-refractivity contribution in [2.24, 2.45) is 0 Å². The van der Waals surface area contributed by atoms with Crippen LogP contribution in [0.2, 0.25) is 0 Å². The molecule has 6 nitrogen and oxygen atoms in total. The van der Waals surface area contributed by atoms with E-state index < -0.39 is 0 Å². The topological polar surface area (TPSA) is 70.7 Å². The number of amides is 2. The van der Waals surface area contributed by atoms with Crippen molar-refractivity contribution in [3.8, 4) is 5.75 Å². The lowest BCUT2D eigenvalue weighted by atomic mass is 10.1. The summed E-state index contributed by atoms with van der Waals surface area (Å²) < 4.78 is 5.12. The van der Waals surface area contributed by atoms with Crippen LogP contribution in [0.4, 0.5) is 0 Å². The van der Waals surface area contributed by atoms with Gasteiger partial charge < -0.3 is 20.3 Å². The van der Waals surface area contributed by atoms with E-state index in [-0.39, 0.29) is 23.6 Å². The van der Waals surface area contributed by atoms with Crippen molar-refractivity contribution in [1.29, 1.82) is 0 Å². The summed E-state index contributed by atoms with van der Waals surface area (Å²) in [6.45, 7) is 1.90. The van der Waals surface area contributed by atoms with Gasteiger partial charge in [0.1, 0.15) is 11.4 Å². The number of carbonyl (C=O) groups is 2. The van der Waals surface area contributed by atoms with Crippen LogP contribution >= 0.6 is 11.3 Å². The van der Waals surface area contributed by atoms with Crippen molar-refractivity contribution in [3.05, 3.63) is 57.9 Å². The molecule has 1 aliphatic heterocycles. The van der Waals surface area contributed by atoms with Crippen LogP contribution in [0.1, 0.15) is 28.1 Å². The molecule has 2 aromatic rings. The van der Waals surface area contributed by atoms with Crippen LogP contribution in [-0.4, -0.2) is 50.0 Å². The van der Waals surface area contributed by atoms with Crippen molar-refractivity contribution in [3.63, 3.8) is 0 Å². The molecule has 28 heavy (non-hydrogen) atoms. The van der Waals surface area contributed by atoms with Crippen LogP contribution in [0.3, 0.4) is 0 Å². The van der Waals surface area contributed by atoms with Gasteiger partial charge in [-0.05, 0) is 74.8 Å². The van der Waals surface area contributed by atoms with E-state index in [1.165, 1.54) is 11.3 Å². The minimum atomic E-state index is -0.330. The third-order valence-electron chi connectivity index (χ3n) is 4.73. The van der Waals surface area contributed by atoms with E-state index in [9.17, 15) is 9.59 Å². The van der Waals surface area contributed by atoms with Gasteiger partial charge in [0.05, 0.1) is 7.11 Å². The van der Waals surface area contributed by atoms with Gasteiger partial charge in [-0.2, -0.15) is 0 Å². The van der Waals surface area contributed by atoms with Crippen LogP contribution in [0.25, 0.3) is 6.08 Å². The largest absolute Gasteiger partial charge is 0.497 e. The van der Waals surface area contributed by atoms with Crippen molar-refractivity contribution in [1.82, 2.24) is 15.5 Å². The van der Waals surface area contributed by atoms with Gasteiger partial charge >= 0.3 is 0 Å². The quantitative estimate of drug-likeness (QED) is 0.733. The predicted octanol–water partition coefficient (Wildman–Crippen LogP) is 2.74. The second-order valence-electron chi connectivity index (χ2n) is 6.81. The van der Waals surface area contributed by atoms with Gasteiger partial charge in [-0.1, -0.05) is 6.07 Å². The first-order chi connectivity index (χ1) is 13.5. The number of methoxy groups -OCH3 is 1. The maximum Gasteiger partial charge on any atom is 0.268 e. The molecule has 0 aliphatic carbocycles. The average molecular weight is 400 g/mol. The van der Waals surface area contributed by atoms with E-state index in [1.807, 2.05) is 17.5 Å². The molecule has 0 spiro atoms. The minimum absolute atomic E-state index is 0.119. The average Bonchev–Trinajstić information content (AvgIpc) is 3.22. The third kappa shape index (κ3) is 5.43. The Kier molecular flexibility index (Phi) is 6.84. The molecule has 2 heterocycles. The molecule has 1 aromatic heterocycles. The fourth-order valence-corrected chi connectivity index (χ4v) is 3.68. The molecule has 0 radical (unpaired) electrons. The lowest BCUT2D eigenvalue weighted by Gasteiger charge is -2.29. The molecule has 1 aromatic carbocycles. The summed E-state index contributed by atoms with van der Waals surface area (Å²) in [7, 11) is 3.65. The first-order valence-electron chi connectivity index (χ1n) is 9.25. The number of rotatable bonds is 6. The molecule has 0 bridgehead atoms. The zero-order valence-corrected chi connectivity index (χ0v) is 16.9. The lowest BCUT2D eigenvalue weighted by Crippen LogP contribution is -2.45. The molecular formula is C21H25N3O3S. The SMILES string of the molecule is COc1ccc(C(=O)N/C(=C\c2cccs2)C(=O)NC2CCN(C)CC2)cc1. The van der Waals surface area contributed by atoms with Crippen molar-refractivity contribution in [2.75, 3.05) is 27.2 Å². The second kappa shape index (κ2) is 9.52. The highest BCUT2D eigenvalue weighted by atomic mass is 32.1. The number of nitrogens with zero attached hydrogens (tertiary/aromatic N) is 1. The summed E-state index contributed by atoms with van der Waals surface area (Å²) in [5.74, 6) is 0.0831. The molecule has 0 saturated carbocycles. The van der Waals surface area contributed by atoms with E-state index in [0.717, 1.165) is 30.8 Å². The highest BCUT2D eigenvalue weighted by Crippen LogP contribution is 2.15. The highest BCUT2D eigenvalue weighted by Gasteiger charge is 2.21. The van der Waals surface area contributed by atoms with Crippen LogP contribution in [0, 0.1) is 0 Å². The molecule has 2 amide bonds. The maximum atomic E-state index is 12.9. The first kappa shape index (κ1) is 20.1. The normalized spacial score (nSPS) is 15.9. The number of ether oxygens (including phenoxy) is 1. The monoisotopic (exact) mass is 399 g/mol. The van der Waals surface area contributed by atoms with Gasteiger partial charge in [0.15, 0.2) is 0 Å². The molecule has 148 valence electrons. The fraction of sp³-hybridized carbons (Fsp3) is 0.333.